The van der Waals surface area contributed by atoms with Crippen molar-refractivity contribution in [2.24, 2.45) is 0 Å². The summed E-state index contributed by atoms with van der Waals surface area (Å²) in [5.74, 6) is 0.211. The Balaban J connectivity index is 1.98. The van der Waals surface area contributed by atoms with Gasteiger partial charge in [-0.15, -0.1) is 11.8 Å². The van der Waals surface area contributed by atoms with Gasteiger partial charge in [-0.2, -0.15) is 0 Å². The zero-order valence-electron chi connectivity index (χ0n) is 10.4. The Morgan fingerprint density at radius 1 is 1.20 bits per heavy atom. The SMILES string of the molecule is O=C1CS[C@H](c2cccc(F)c2)N1c1ccc(I)cc1. The second-order valence-electron chi connectivity index (χ2n) is 4.46. The first-order chi connectivity index (χ1) is 9.65. The molecule has 1 aliphatic rings. The largest absolute Gasteiger partial charge is 0.295 e. The summed E-state index contributed by atoms with van der Waals surface area (Å²) in [6.45, 7) is 0. The molecule has 0 saturated carbocycles. The molecule has 0 N–H and O–H groups in total. The van der Waals surface area contributed by atoms with Gasteiger partial charge in [0.25, 0.3) is 0 Å². The highest BCUT2D eigenvalue weighted by Gasteiger charge is 2.34. The highest BCUT2D eigenvalue weighted by molar-refractivity contribution is 14.1. The van der Waals surface area contributed by atoms with E-state index in [0.29, 0.717) is 5.75 Å². The molecule has 0 spiro atoms. The quantitative estimate of drug-likeness (QED) is 0.706. The Bertz CT molecular complexity index is 647. The molecule has 0 aliphatic carbocycles. The Morgan fingerprint density at radius 3 is 2.65 bits per heavy atom. The molecule has 20 heavy (non-hydrogen) atoms. The van der Waals surface area contributed by atoms with Gasteiger partial charge in [0.2, 0.25) is 5.91 Å². The number of hydrogen-bond acceptors (Lipinski definition) is 2. The molecule has 1 fully saturated rings. The first-order valence-corrected chi connectivity index (χ1v) is 8.22. The maximum atomic E-state index is 13.4. The smallest absolute Gasteiger partial charge is 0.238 e. The van der Waals surface area contributed by atoms with Crippen molar-refractivity contribution in [1.82, 2.24) is 0 Å². The van der Waals surface area contributed by atoms with E-state index >= 15 is 0 Å². The second kappa shape index (κ2) is 5.73. The molecule has 0 aromatic heterocycles. The predicted molar refractivity (Wildman–Crippen MR) is 88.2 cm³/mol. The number of anilines is 1. The zero-order chi connectivity index (χ0) is 14.1. The van der Waals surface area contributed by atoms with Crippen LogP contribution in [0.5, 0.6) is 0 Å². The molecule has 2 aromatic rings. The Kier molecular flexibility index (Phi) is 3.98. The summed E-state index contributed by atoms with van der Waals surface area (Å²) in [4.78, 5) is 13.9. The van der Waals surface area contributed by atoms with Crippen molar-refractivity contribution < 1.29 is 9.18 Å². The number of rotatable bonds is 2. The van der Waals surface area contributed by atoms with Crippen LogP contribution < -0.4 is 4.90 Å². The molecule has 1 saturated heterocycles. The van der Waals surface area contributed by atoms with Gasteiger partial charge in [-0.05, 0) is 64.6 Å². The lowest BCUT2D eigenvalue weighted by Gasteiger charge is -2.24. The summed E-state index contributed by atoms with van der Waals surface area (Å²) in [5, 5.41) is -0.154. The first kappa shape index (κ1) is 13.9. The van der Waals surface area contributed by atoms with E-state index in [1.807, 2.05) is 30.3 Å². The van der Waals surface area contributed by atoms with Gasteiger partial charge in [-0.25, -0.2) is 4.39 Å². The summed E-state index contributed by atoms with van der Waals surface area (Å²) in [5.41, 5.74) is 1.68. The van der Waals surface area contributed by atoms with Crippen LogP contribution in [0.3, 0.4) is 0 Å². The summed E-state index contributed by atoms with van der Waals surface area (Å²) >= 11 is 3.76. The normalized spacial score (nSPS) is 18.6. The number of thioether (sulfide) groups is 1. The van der Waals surface area contributed by atoms with Crippen LogP contribution in [0.25, 0.3) is 0 Å². The van der Waals surface area contributed by atoms with Crippen LogP contribution in [0.15, 0.2) is 48.5 Å². The third-order valence-corrected chi connectivity index (χ3v) is 5.04. The maximum Gasteiger partial charge on any atom is 0.238 e. The summed E-state index contributed by atoms with van der Waals surface area (Å²) in [6.07, 6.45) is 0. The van der Waals surface area contributed by atoms with Crippen LogP contribution in [0, 0.1) is 9.39 Å². The van der Waals surface area contributed by atoms with Gasteiger partial charge in [0.15, 0.2) is 0 Å². The molecule has 0 bridgehead atoms. The molecule has 2 nitrogen and oxygen atoms in total. The number of amides is 1. The molecular formula is C15H11FINOS. The zero-order valence-corrected chi connectivity index (χ0v) is 13.4. The van der Waals surface area contributed by atoms with E-state index in [1.54, 1.807) is 11.0 Å². The van der Waals surface area contributed by atoms with E-state index in [9.17, 15) is 9.18 Å². The second-order valence-corrected chi connectivity index (χ2v) is 6.77. The molecule has 102 valence electrons. The van der Waals surface area contributed by atoms with Crippen LogP contribution in [0.4, 0.5) is 10.1 Å². The number of nitrogens with zero attached hydrogens (tertiary/aromatic N) is 1. The van der Waals surface area contributed by atoms with Crippen molar-refractivity contribution in [2.45, 2.75) is 5.37 Å². The van der Waals surface area contributed by atoms with Gasteiger partial charge >= 0.3 is 0 Å². The lowest BCUT2D eigenvalue weighted by atomic mass is 10.2. The number of benzene rings is 2. The average molecular weight is 399 g/mol. The van der Waals surface area contributed by atoms with Gasteiger partial charge in [0.1, 0.15) is 11.2 Å². The Labute approximate surface area is 134 Å². The Morgan fingerprint density at radius 2 is 1.95 bits per heavy atom. The molecule has 3 rings (SSSR count). The van der Waals surface area contributed by atoms with E-state index < -0.39 is 0 Å². The molecule has 1 amide bonds. The lowest BCUT2D eigenvalue weighted by Crippen LogP contribution is -2.27. The highest BCUT2D eigenvalue weighted by atomic mass is 127. The number of halogens is 2. The van der Waals surface area contributed by atoms with Crippen LogP contribution in [-0.2, 0) is 4.79 Å². The molecule has 0 radical (unpaired) electrons. The fourth-order valence-electron chi connectivity index (χ4n) is 2.21. The van der Waals surface area contributed by atoms with Crippen molar-refractivity contribution in [1.29, 1.82) is 0 Å². The first-order valence-electron chi connectivity index (χ1n) is 6.10. The number of carbonyl (C=O) groups excluding carboxylic acids is 1. The van der Waals surface area contributed by atoms with Crippen LogP contribution in [-0.4, -0.2) is 11.7 Å². The van der Waals surface area contributed by atoms with E-state index in [-0.39, 0.29) is 17.1 Å². The molecular weight excluding hydrogens is 388 g/mol. The van der Waals surface area contributed by atoms with E-state index in [4.69, 9.17) is 0 Å². The summed E-state index contributed by atoms with van der Waals surface area (Å²) in [7, 11) is 0. The monoisotopic (exact) mass is 399 g/mol. The fraction of sp³-hybridized carbons (Fsp3) is 0.133. The topological polar surface area (TPSA) is 20.3 Å². The highest BCUT2D eigenvalue weighted by Crippen LogP contribution is 2.41. The van der Waals surface area contributed by atoms with Crippen LogP contribution in [0.1, 0.15) is 10.9 Å². The van der Waals surface area contributed by atoms with Crippen molar-refractivity contribution >= 4 is 45.9 Å². The predicted octanol–water partition coefficient (Wildman–Crippen LogP) is 4.21. The van der Waals surface area contributed by atoms with Crippen LogP contribution in [0.2, 0.25) is 0 Å². The standard InChI is InChI=1S/C15H11FINOS/c16-11-3-1-2-10(8-11)15-18(14(19)9-20-15)13-6-4-12(17)5-7-13/h1-8,15H,9H2/t15-/m1/s1. The summed E-state index contributed by atoms with van der Waals surface area (Å²) < 4.78 is 14.5. The van der Waals surface area contributed by atoms with Gasteiger partial charge in [-0.1, -0.05) is 12.1 Å². The van der Waals surface area contributed by atoms with Gasteiger partial charge in [-0.3, -0.25) is 9.69 Å². The Hall–Kier alpha value is -1.08. The summed E-state index contributed by atoms with van der Waals surface area (Å²) in [6, 6.07) is 14.2. The molecule has 0 unspecified atom stereocenters. The van der Waals surface area contributed by atoms with Crippen molar-refractivity contribution in [3.05, 3.63) is 63.5 Å². The van der Waals surface area contributed by atoms with Crippen molar-refractivity contribution in [2.75, 3.05) is 10.7 Å². The number of carbonyl (C=O) groups is 1. The third kappa shape index (κ3) is 2.69. The number of hydrogen-bond donors (Lipinski definition) is 0. The molecule has 5 heteroatoms. The minimum Gasteiger partial charge on any atom is -0.295 e. The average Bonchev–Trinajstić information content (AvgIpc) is 2.82. The van der Waals surface area contributed by atoms with Gasteiger partial charge in [0, 0.05) is 9.26 Å². The minimum atomic E-state index is -0.273. The van der Waals surface area contributed by atoms with E-state index in [0.717, 1.165) is 14.8 Å². The molecule has 1 atom stereocenters. The van der Waals surface area contributed by atoms with Crippen LogP contribution >= 0.6 is 34.4 Å². The van der Waals surface area contributed by atoms with Gasteiger partial charge in [0.05, 0.1) is 5.75 Å². The maximum absolute atomic E-state index is 13.4. The third-order valence-electron chi connectivity index (χ3n) is 3.11. The van der Waals surface area contributed by atoms with Crippen molar-refractivity contribution in [3.63, 3.8) is 0 Å². The van der Waals surface area contributed by atoms with E-state index in [2.05, 4.69) is 22.6 Å². The van der Waals surface area contributed by atoms with Gasteiger partial charge < -0.3 is 0 Å². The fourth-order valence-corrected chi connectivity index (χ4v) is 3.74. The molecule has 1 heterocycles. The minimum absolute atomic E-state index is 0.0606. The molecule has 1 aliphatic heterocycles. The van der Waals surface area contributed by atoms with Crippen molar-refractivity contribution in [3.8, 4) is 0 Å². The molecule has 2 aromatic carbocycles. The van der Waals surface area contributed by atoms with E-state index in [1.165, 1.54) is 23.9 Å². The lowest BCUT2D eigenvalue weighted by molar-refractivity contribution is -0.115.